The summed E-state index contributed by atoms with van der Waals surface area (Å²) in [4.78, 5) is 8.34. The highest BCUT2D eigenvalue weighted by Crippen LogP contribution is 2.24. The molecule has 0 saturated carbocycles. The molecule has 1 aliphatic heterocycles. The SMILES string of the molecule is Cc1nc(C)c(C(C)NCC2CN(C(C)C)CCO2)s1. The minimum absolute atomic E-state index is 0.294. The minimum Gasteiger partial charge on any atom is -0.374 e. The molecule has 0 aliphatic carbocycles. The molecule has 2 rings (SSSR count). The van der Waals surface area contributed by atoms with Gasteiger partial charge in [0.25, 0.3) is 0 Å². The van der Waals surface area contributed by atoms with Gasteiger partial charge in [0.05, 0.1) is 23.4 Å². The lowest BCUT2D eigenvalue weighted by molar-refractivity contribution is -0.0379. The predicted octanol–water partition coefficient (Wildman–Crippen LogP) is 2.52. The van der Waals surface area contributed by atoms with Crippen molar-refractivity contribution in [2.75, 3.05) is 26.2 Å². The van der Waals surface area contributed by atoms with Gasteiger partial charge in [0.15, 0.2) is 0 Å². The molecule has 1 N–H and O–H groups in total. The Kier molecular flexibility index (Phi) is 5.55. The summed E-state index contributed by atoms with van der Waals surface area (Å²) in [7, 11) is 0. The summed E-state index contributed by atoms with van der Waals surface area (Å²) in [6.45, 7) is 14.7. The van der Waals surface area contributed by atoms with Gasteiger partial charge in [-0.2, -0.15) is 0 Å². The molecular weight excluding hydrogens is 270 g/mol. The highest BCUT2D eigenvalue weighted by molar-refractivity contribution is 7.11. The van der Waals surface area contributed by atoms with Gasteiger partial charge in [0.2, 0.25) is 0 Å². The molecule has 20 heavy (non-hydrogen) atoms. The Hall–Kier alpha value is -0.490. The smallest absolute Gasteiger partial charge is 0.0900 e. The van der Waals surface area contributed by atoms with Crippen LogP contribution in [0, 0.1) is 13.8 Å². The quantitative estimate of drug-likeness (QED) is 0.906. The number of nitrogens with zero attached hydrogens (tertiary/aromatic N) is 2. The summed E-state index contributed by atoms with van der Waals surface area (Å²) in [5, 5.41) is 4.75. The zero-order valence-corrected chi connectivity index (χ0v) is 14.1. The van der Waals surface area contributed by atoms with E-state index in [0.29, 0.717) is 18.2 Å². The van der Waals surface area contributed by atoms with Gasteiger partial charge in [-0.25, -0.2) is 4.98 Å². The number of nitrogens with one attached hydrogen (secondary N) is 1. The predicted molar refractivity (Wildman–Crippen MR) is 84.5 cm³/mol. The Balaban J connectivity index is 1.84. The van der Waals surface area contributed by atoms with E-state index in [0.717, 1.165) is 36.9 Å². The number of aryl methyl sites for hydroxylation is 2. The van der Waals surface area contributed by atoms with Crippen LogP contribution in [0.3, 0.4) is 0 Å². The van der Waals surface area contributed by atoms with Crippen molar-refractivity contribution in [1.29, 1.82) is 0 Å². The largest absolute Gasteiger partial charge is 0.374 e. The van der Waals surface area contributed by atoms with Crippen molar-refractivity contribution >= 4 is 11.3 Å². The average Bonchev–Trinajstić information content (AvgIpc) is 2.75. The summed E-state index contributed by atoms with van der Waals surface area (Å²) in [5.41, 5.74) is 1.15. The fourth-order valence-electron chi connectivity index (χ4n) is 2.68. The summed E-state index contributed by atoms with van der Waals surface area (Å²) < 4.78 is 5.86. The molecular formula is C15H27N3OS. The van der Waals surface area contributed by atoms with Crippen LogP contribution in [0.15, 0.2) is 0 Å². The van der Waals surface area contributed by atoms with Gasteiger partial charge in [-0.05, 0) is 34.6 Å². The summed E-state index contributed by atoms with van der Waals surface area (Å²) in [6, 6.07) is 0.949. The van der Waals surface area contributed by atoms with Gasteiger partial charge in [0, 0.05) is 36.6 Å². The van der Waals surface area contributed by atoms with Gasteiger partial charge in [0.1, 0.15) is 0 Å². The third-order valence-corrected chi connectivity index (χ3v) is 5.14. The average molecular weight is 297 g/mol. The number of thiazole rings is 1. The van der Waals surface area contributed by atoms with Crippen molar-refractivity contribution in [3.63, 3.8) is 0 Å². The number of hydrogen-bond acceptors (Lipinski definition) is 5. The lowest BCUT2D eigenvalue weighted by Crippen LogP contribution is -2.49. The minimum atomic E-state index is 0.294. The molecule has 2 unspecified atom stereocenters. The van der Waals surface area contributed by atoms with Gasteiger partial charge in [-0.3, -0.25) is 4.90 Å². The molecule has 5 heteroatoms. The van der Waals surface area contributed by atoms with E-state index in [1.165, 1.54) is 4.88 Å². The molecule has 0 amide bonds. The first kappa shape index (κ1) is 15.9. The first-order valence-electron chi connectivity index (χ1n) is 7.50. The third kappa shape index (κ3) is 4.01. The maximum absolute atomic E-state index is 5.86. The summed E-state index contributed by atoms with van der Waals surface area (Å²) in [6.07, 6.45) is 0.294. The van der Waals surface area contributed by atoms with E-state index in [1.807, 2.05) is 0 Å². The molecule has 114 valence electrons. The molecule has 2 atom stereocenters. The van der Waals surface area contributed by atoms with E-state index < -0.39 is 0 Å². The van der Waals surface area contributed by atoms with Crippen LogP contribution in [-0.4, -0.2) is 48.3 Å². The molecule has 0 spiro atoms. The fraction of sp³-hybridized carbons (Fsp3) is 0.800. The second kappa shape index (κ2) is 6.98. The Morgan fingerprint density at radius 2 is 2.15 bits per heavy atom. The zero-order chi connectivity index (χ0) is 14.7. The zero-order valence-electron chi connectivity index (χ0n) is 13.3. The molecule has 1 fully saturated rings. The van der Waals surface area contributed by atoms with Crippen LogP contribution in [0.4, 0.5) is 0 Å². The normalized spacial score (nSPS) is 22.4. The Bertz CT molecular complexity index is 433. The Morgan fingerprint density at radius 1 is 1.40 bits per heavy atom. The first-order valence-corrected chi connectivity index (χ1v) is 8.32. The topological polar surface area (TPSA) is 37.4 Å². The monoisotopic (exact) mass is 297 g/mol. The Morgan fingerprint density at radius 3 is 2.75 bits per heavy atom. The van der Waals surface area contributed by atoms with Gasteiger partial charge in [-0.1, -0.05) is 0 Å². The van der Waals surface area contributed by atoms with Crippen LogP contribution in [0.2, 0.25) is 0 Å². The van der Waals surface area contributed by atoms with Crippen LogP contribution >= 0.6 is 11.3 Å². The van der Waals surface area contributed by atoms with E-state index in [4.69, 9.17) is 4.74 Å². The lowest BCUT2D eigenvalue weighted by Gasteiger charge is -2.36. The van der Waals surface area contributed by atoms with E-state index in [9.17, 15) is 0 Å². The van der Waals surface area contributed by atoms with Gasteiger partial charge < -0.3 is 10.1 Å². The fourth-order valence-corrected chi connectivity index (χ4v) is 3.64. The van der Waals surface area contributed by atoms with Crippen molar-refractivity contribution in [3.05, 3.63) is 15.6 Å². The van der Waals surface area contributed by atoms with Crippen molar-refractivity contribution in [1.82, 2.24) is 15.2 Å². The highest BCUT2D eigenvalue weighted by Gasteiger charge is 2.23. The van der Waals surface area contributed by atoms with Crippen molar-refractivity contribution in [2.45, 2.75) is 52.8 Å². The standard InChI is InChI=1S/C15H27N3OS/c1-10(2)18-6-7-19-14(9-18)8-16-11(3)15-12(4)17-13(5)20-15/h10-11,14,16H,6-9H2,1-5H3. The highest BCUT2D eigenvalue weighted by atomic mass is 32.1. The number of hydrogen-bond donors (Lipinski definition) is 1. The van der Waals surface area contributed by atoms with Gasteiger partial charge in [-0.15, -0.1) is 11.3 Å². The maximum Gasteiger partial charge on any atom is 0.0900 e. The van der Waals surface area contributed by atoms with Crippen LogP contribution in [-0.2, 0) is 4.74 Å². The van der Waals surface area contributed by atoms with Crippen molar-refractivity contribution < 1.29 is 4.74 Å². The number of rotatable bonds is 5. The van der Waals surface area contributed by atoms with E-state index in [1.54, 1.807) is 11.3 Å². The number of aromatic nitrogens is 1. The molecule has 1 aromatic heterocycles. The summed E-state index contributed by atoms with van der Waals surface area (Å²) >= 11 is 1.79. The molecule has 1 aromatic rings. The first-order chi connectivity index (χ1) is 9.47. The lowest BCUT2D eigenvalue weighted by atomic mass is 10.2. The molecule has 2 heterocycles. The number of morpholine rings is 1. The molecule has 0 bridgehead atoms. The van der Waals surface area contributed by atoms with E-state index in [2.05, 4.69) is 49.8 Å². The second-order valence-electron chi connectivity index (χ2n) is 5.89. The number of ether oxygens (including phenoxy) is 1. The Labute approximate surface area is 126 Å². The van der Waals surface area contributed by atoms with Crippen LogP contribution in [0.1, 0.15) is 42.4 Å². The molecule has 0 aromatic carbocycles. The maximum atomic E-state index is 5.86. The third-order valence-electron chi connectivity index (χ3n) is 3.88. The van der Waals surface area contributed by atoms with Gasteiger partial charge >= 0.3 is 0 Å². The van der Waals surface area contributed by atoms with Crippen molar-refractivity contribution in [3.8, 4) is 0 Å². The second-order valence-corrected chi connectivity index (χ2v) is 7.13. The van der Waals surface area contributed by atoms with Crippen LogP contribution < -0.4 is 5.32 Å². The van der Waals surface area contributed by atoms with Crippen LogP contribution in [0.5, 0.6) is 0 Å². The van der Waals surface area contributed by atoms with Crippen molar-refractivity contribution in [2.24, 2.45) is 0 Å². The molecule has 1 saturated heterocycles. The molecule has 0 radical (unpaired) electrons. The van der Waals surface area contributed by atoms with E-state index >= 15 is 0 Å². The molecule has 4 nitrogen and oxygen atoms in total. The summed E-state index contributed by atoms with van der Waals surface area (Å²) in [5.74, 6) is 0. The molecule has 1 aliphatic rings. The van der Waals surface area contributed by atoms with Crippen LogP contribution in [0.25, 0.3) is 0 Å². The van der Waals surface area contributed by atoms with E-state index in [-0.39, 0.29) is 0 Å².